The van der Waals surface area contributed by atoms with Gasteiger partial charge in [0.15, 0.2) is 0 Å². The number of hydrogen-bond donors (Lipinski definition) is 0. The maximum atomic E-state index is 9.92. The summed E-state index contributed by atoms with van der Waals surface area (Å²) in [6, 6.07) is 7.39. The highest BCUT2D eigenvalue weighted by Gasteiger charge is 1.97. The molecule has 0 heterocycles. The molecule has 0 bridgehead atoms. The van der Waals surface area contributed by atoms with Crippen LogP contribution >= 0.6 is 11.6 Å². The Morgan fingerprint density at radius 1 is 1.42 bits per heavy atom. The Labute approximate surface area is 76.1 Å². The first-order chi connectivity index (χ1) is 5.84. The Hall–Kier alpha value is -0.860. The van der Waals surface area contributed by atoms with Gasteiger partial charge >= 0.3 is 0 Å². The average molecular weight is 185 g/mol. The van der Waals surface area contributed by atoms with Crippen LogP contribution in [0.4, 0.5) is 0 Å². The van der Waals surface area contributed by atoms with Crippen molar-refractivity contribution in [2.24, 2.45) is 0 Å². The fourth-order valence-electron chi connectivity index (χ4n) is 0.832. The molecule has 0 spiro atoms. The molecule has 0 radical (unpaired) electrons. The second-order valence-corrected chi connectivity index (χ2v) is 2.68. The molecule has 0 aliphatic heterocycles. The summed E-state index contributed by atoms with van der Waals surface area (Å²) >= 11 is 5.83. The molecular weight excluding hydrogens is 176 g/mol. The van der Waals surface area contributed by atoms with Crippen molar-refractivity contribution < 1.29 is 9.53 Å². The monoisotopic (exact) mass is 184 g/mol. The SMILES string of the molecule is O=CCOCc1ccccc1Cl. The second-order valence-electron chi connectivity index (χ2n) is 2.27. The molecule has 2 nitrogen and oxygen atoms in total. The van der Waals surface area contributed by atoms with Crippen LogP contribution < -0.4 is 0 Å². The Balaban J connectivity index is 2.51. The van der Waals surface area contributed by atoms with E-state index in [0.717, 1.165) is 11.8 Å². The topological polar surface area (TPSA) is 26.3 Å². The van der Waals surface area contributed by atoms with Crippen molar-refractivity contribution in [3.05, 3.63) is 34.9 Å². The second kappa shape index (κ2) is 4.91. The van der Waals surface area contributed by atoms with Gasteiger partial charge in [-0.15, -0.1) is 0 Å². The summed E-state index contributed by atoms with van der Waals surface area (Å²) in [5, 5.41) is 0.670. The third-order valence-electron chi connectivity index (χ3n) is 1.40. The van der Waals surface area contributed by atoms with Crippen LogP contribution in [0.3, 0.4) is 0 Å². The van der Waals surface area contributed by atoms with Crippen molar-refractivity contribution in [3.63, 3.8) is 0 Å². The van der Waals surface area contributed by atoms with Crippen molar-refractivity contribution in [2.45, 2.75) is 6.61 Å². The maximum absolute atomic E-state index is 9.92. The normalized spacial score (nSPS) is 9.75. The Morgan fingerprint density at radius 3 is 2.83 bits per heavy atom. The van der Waals surface area contributed by atoms with E-state index in [0.29, 0.717) is 11.6 Å². The zero-order valence-electron chi connectivity index (χ0n) is 6.50. The highest BCUT2D eigenvalue weighted by Crippen LogP contribution is 2.15. The molecule has 1 aromatic carbocycles. The van der Waals surface area contributed by atoms with E-state index in [1.807, 2.05) is 18.2 Å². The van der Waals surface area contributed by atoms with Gasteiger partial charge in [-0.2, -0.15) is 0 Å². The minimum atomic E-state index is 0.116. The van der Waals surface area contributed by atoms with Crippen molar-refractivity contribution in [1.29, 1.82) is 0 Å². The number of hydrogen-bond acceptors (Lipinski definition) is 2. The van der Waals surface area contributed by atoms with E-state index in [1.165, 1.54) is 0 Å². The van der Waals surface area contributed by atoms with Crippen LogP contribution in [0.15, 0.2) is 24.3 Å². The summed E-state index contributed by atoms with van der Waals surface area (Å²) in [5.74, 6) is 0. The first-order valence-corrected chi connectivity index (χ1v) is 3.97. The van der Waals surface area contributed by atoms with Crippen LogP contribution in [-0.4, -0.2) is 12.9 Å². The van der Waals surface area contributed by atoms with Gasteiger partial charge in [-0.25, -0.2) is 0 Å². The summed E-state index contributed by atoms with van der Waals surface area (Å²) in [5.41, 5.74) is 0.904. The van der Waals surface area contributed by atoms with E-state index >= 15 is 0 Å². The first kappa shape index (κ1) is 9.23. The van der Waals surface area contributed by atoms with Gasteiger partial charge < -0.3 is 9.53 Å². The number of benzene rings is 1. The summed E-state index contributed by atoms with van der Waals surface area (Å²) < 4.78 is 5.00. The summed E-state index contributed by atoms with van der Waals surface area (Å²) in [4.78, 5) is 9.92. The predicted molar refractivity (Wildman–Crippen MR) is 47.2 cm³/mol. The van der Waals surface area contributed by atoms with Gasteiger partial charge in [-0.3, -0.25) is 0 Å². The van der Waals surface area contributed by atoms with E-state index in [9.17, 15) is 4.79 Å². The van der Waals surface area contributed by atoms with Crippen LogP contribution in [-0.2, 0) is 16.1 Å². The number of aldehydes is 1. The molecule has 64 valence electrons. The van der Waals surface area contributed by atoms with Crippen LogP contribution in [0.1, 0.15) is 5.56 Å². The van der Waals surface area contributed by atoms with Gasteiger partial charge in [0.1, 0.15) is 12.9 Å². The third-order valence-corrected chi connectivity index (χ3v) is 1.77. The van der Waals surface area contributed by atoms with Crippen molar-refractivity contribution in [3.8, 4) is 0 Å². The van der Waals surface area contributed by atoms with Gasteiger partial charge in [-0.05, 0) is 11.6 Å². The number of halogens is 1. The molecule has 0 aliphatic carbocycles. The molecule has 0 aliphatic rings. The smallest absolute Gasteiger partial charge is 0.145 e. The fourth-order valence-corrected chi connectivity index (χ4v) is 1.02. The van der Waals surface area contributed by atoms with Crippen molar-refractivity contribution in [1.82, 2.24) is 0 Å². The third kappa shape index (κ3) is 2.64. The van der Waals surface area contributed by atoms with Crippen LogP contribution in [0, 0.1) is 0 Å². The van der Waals surface area contributed by atoms with Crippen LogP contribution in [0.5, 0.6) is 0 Å². The molecular formula is C9H9ClO2. The minimum absolute atomic E-state index is 0.116. The fraction of sp³-hybridized carbons (Fsp3) is 0.222. The summed E-state index contributed by atoms with van der Waals surface area (Å²) in [6.07, 6.45) is 0.719. The predicted octanol–water partition coefficient (Wildman–Crippen LogP) is 2.06. The molecule has 3 heteroatoms. The molecule has 0 saturated heterocycles. The summed E-state index contributed by atoms with van der Waals surface area (Å²) in [7, 11) is 0. The zero-order chi connectivity index (χ0) is 8.81. The maximum Gasteiger partial charge on any atom is 0.145 e. The standard InChI is InChI=1S/C9H9ClO2/c10-9-4-2-1-3-8(9)7-12-6-5-11/h1-5H,6-7H2. The number of rotatable bonds is 4. The van der Waals surface area contributed by atoms with Gasteiger partial charge in [0.2, 0.25) is 0 Å². The molecule has 0 aromatic heterocycles. The van der Waals surface area contributed by atoms with Gasteiger partial charge in [-0.1, -0.05) is 29.8 Å². The highest BCUT2D eigenvalue weighted by molar-refractivity contribution is 6.31. The average Bonchev–Trinajstić information content (AvgIpc) is 2.09. The Morgan fingerprint density at radius 2 is 2.17 bits per heavy atom. The molecule has 1 aromatic rings. The zero-order valence-corrected chi connectivity index (χ0v) is 7.25. The van der Waals surface area contributed by atoms with E-state index in [-0.39, 0.29) is 6.61 Å². The largest absolute Gasteiger partial charge is 0.369 e. The quantitative estimate of drug-likeness (QED) is 0.529. The lowest BCUT2D eigenvalue weighted by Gasteiger charge is -2.02. The first-order valence-electron chi connectivity index (χ1n) is 3.59. The molecule has 0 fully saturated rings. The highest BCUT2D eigenvalue weighted by atomic mass is 35.5. The molecule has 0 saturated carbocycles. The van der Waals surface area contributed by atoms with Gasteiger partial charge in [0.05, 0.1) is 6.61 Å². The number of ether oxygens (including phenoxy) is 1. The lowest BCUT2D eigenvalue weighted by Crippen LogP contribution is -1.96. The molecule has 12 heavy (non-hydrogen) atoms. The molecule has 0 amide bonds. The van der Waals surface area contributed by atoms with Crippen LogP contribution in [0.25, 0.3) is 0 Å². The van der Waals surface area contributed by atoms with Crippen LogP contribution in [0.2, 0.25) is 5.02 Å². The molecule has 0 atom stereocenters. The lowest BCUT2D eigenvalue weighted by molar-refractivity contribution is -0.112. The van der Waals surface area contributed by atoms with E-state index < -0.39 is 0 Å². The number of carbonyl (C=O) groups excluding carboxylic acids is 1. The van der Waals surface area contributed by atoms with E-state index in [4.69, 9.17) is 16.3 Å². The van der Waals surface area contributed by atoms with E-state index in [2.05, 4.69) is 0 Å². The Bertz CT molecular complexity index is 260. The number of carbonyl (C=O) groups is 1. The lowest BCUT2D eigenvalue weighted by atomic mass is 10.2. The van der Waals surface area contributed by atoms with Crippen molar-refractivity contribution in [2.75, 3.05) is 6.61 Å². The summed E-state index contributed by atoms with van der Waals surface area (Å²) in [6.45, 7) is 0.504. The van der Waals surface area contributed by atoms with Gasteiger partial charge in [0.25, 0.3) is 0 Å². The Kier molecular flexibility index (Phi) is 3.77. The van der Waals surface area contributed by atoms with E-state index in [1.54, 1.807) is 6.07 Å². The molecule has 0 unspecified atom stereocenters. The minimum Gasteiger partial charge on any atom is -0.369 e. The van der Waals surface area contributed by atoms with Gasteiger partial charge in [0, 0.05) is 5.02 Å². The molecule has 0 N–H and O–H groups in total. The molecule has 1 rings (SSSR count). The van der Waals surface area contributed by atoms with Crippen molar-refractivity contribution >= 4 is 17.9 Å².